The molecule has 1 aromatic carbocycles. The van der Waals surface area contributed by atoms with Gasteiger partial charge in [0.2, 0.25) is 0 Å². The molecule has 0 radical (unpaired) electrons. The highest BCUT2D eigenvalue weighted by Crippen LogP contribution is 2.15. The number of hydrogen-bond donors (Lipinski definition) is 0. The second kappa shape index (κ2) is 6.14. The lowest BCUT2D eigenvalue weighted by Gasteiger charge is -1.96. The van der Waals surface area contributed by atoms with Crippen molar-refractivity contribution in [2.75, 3.05) is 6.61 Å². The summed E-state index contributed by atoms with van der Waals surface area (Å²) < 4.78 is 17.5. The van der Waals surface area contributed by atoms with Gasteiger partial charge in [0, 0.05) is 5.56 Å². The third-order valence-corrected chi connectivity index (χ3v) is 2.02. The number of ether oxygens (including phenoxy) is 1. The van der Waals surface area contributed by atoms with Crippen molar-refractivity contribution in [1.29, 1.82) is 0 Å². The average molecular weight is 241 g/mol. The molecule has 0 aliphatic heterocycles. The van der Waals surface area contributed by atoms with Crippen LogP contribution in [0.2, 0.25) is 5.02 Å². The Morgan fingerprint density at radius 2 is 2.31 bits per heavy atom. The Hall–Kier alpha value is -1.53. The molecule has 0 N–H and O–H groups in total. The molecule has 0 aromatic heterocycles. The van der Waals surface area contributed by atoms with Crippen LogP contribution in [0.5, 0.6) is 0 Å². The fourth-order valence-electron chi connectivity index (χ4n) is 1.02. The Balaban J connectivity index is 2.69. The van der Waals surface area contributed by atoms with E-state index in [1.54, 1.807) is 6.92 Å². The topological polar surface area (TPSA) is 26.3 Å². The summed E-state index contributed by atoms with van der Waals surface area (Å²) in [5, 5.41) is 0.359. The number of halogens is 2. The van der Waals surface area contributed by atoms with E-state index < -0.39 is 11.8 Å². The van der Waals surface area contributed by atoms with Crippen molar-refractivity contribution in [1.82, 2.24) is 0 Å². The number of esters is 1. The molecule has 2 nitrogen and oxygen atoms in total. The molecule has 0 aliphatic carbocycles. The van der Waals surface area contributed by atoms with Crippen LogP contribution in [0.1, 0.15) is 18.9 Å². The van der Waals surface area contributed by atoms with E-state index in [1.807, 2.05) is 0 Å². The zero-order chi connectivity index (χ0) is 12.0. The van der Waals surface area contributed by atoms with Gasteiger partial charge in [-0.25, -0.2) is 4.39 Å². The molecular weight excluding hydrogens is 231 g/mol. The lowest BCUT2D eigenvalue weighted by atomic mass is 10.2. The molecule has 0 unspecified atom stereocenters. The first kappa shape index (κ1) is 12.5. The van der Waals surface area contributed by atoms with Crippen LogP contribution in [0, 0.1) is 17.7 Å². The maximum atomic E-state index is 12.8. The van der Waals surface area contributed by atoms with Crippen molar-refractivity contribution in [2.45, 2.75) is 13.3 Å². The summed E-state index contributed by atoms with van der Waals surface area (Å²) >= 11 is 5.79. The van der Waals surface area contributed by atoms with Crippen LogP contribution in [0.3, 0.4) is 0 Å². The van der Waals surface area contributed by atoms with E-state index in [2.05, 4.69) is 16.6 Å². The molecule has 16 heavy (non-hydrogen) atoms. The summed E-state index contributed by atoms with van der Waals surface area (Å²) in [7, 11) is 0. The second-order valence-electron chi connectivity index (χ2n) is 2.91. The maximum Gasteiger partial charge on any atom is 0.317 e. The van der Waals surface area contributed by atoms with Crippen molar-refractivity contribution in [3.63, 3.8) is 0 Å². The summed E-state index contributed by atoms with van der Waals surface area (Å²) in [6.07, 6.45) is -0.0271. The molecule has 1 aromatic rings. The Bertz CT molecular complexity index is 446. The van der Waals surface area contributed by atoms with Gasteiger partial charge in [0.1, 0.15) is 12.2 Å². The number of hydrogen-bond acceptors (Lipinski definition) is 2. The van der Waals surface area contributed by atoms with Crippen LogP contribution in [-0.2, 0) is 9.53 Å². The molecule has 0 spiro atoms. The quantitative estimate of drug-likeness (QED) is 0.587. The van der Waals surface area contributed by atoms with Gasteiger partial charge in [-0.1, -0.05) is 23.4 Å². The first-order valence-electron chi connectivity index (χ1n) is 4.73. The van der Waals surface area contributed by atoms with E-state index >= 15 is 0 Å². The van der Waals surface area contributed by atoms with Gasteiger partial charge in [-0.3, -0.25) is 4.79 Å². The Morgan fingerprint density at radius 3 is 3.00 bits per heavy atom. The van der Waals surface area contributed by atoms with Crippen LogP contribution in [0.15, 0.2) is 18.2 Å². The smallest absolute Gasteiger partial charge is 0.317 e. The molecule has 0 heterocycles. The molecule has 4 heteroatoms. The highest BCUT2D eigenvalue weighted by Gasteiger charge is 1.99. The fourth-order valence-corrected chi connectivity index (χ4v) is 1.18. The van der Waals surface area contributed by atoms with Gasteiger partial charge in [0.05, 0.1) is 11.6 Å². The lowest BCUT2D eigenvalue weighted by molar-refractivity contribution is -0.141. The standard InChI is InChI=1S/C12H10ClFO2/c1-2-16-12(15)5-3-4-9-8-10(14)6-7-11(9)13/h6-8H,2,5H2,1H3. The van der Waals surface area contributed by atoms with Gasteiger partial charge in [-0.05, 0) is 25.1 Å². The minimum atomic E-state index is -0.412. The molecular formula is C12H10ClFO2. The van der Waals surface area contributed by atoms with Crippen molar-refractivity contribution in [3.8, 4) is 11.8 Å². The van der Waals surface area contributed by atoms with Gasteiger partial charge in [-0.15, -0.1) is 0 Å². The number of carbonyl (C=O) groups excluding carboxylic acids is 1. The third kappa shape index (κ3) is 3.92. The van der Waals surface area contributed by atoms with E-state index in [0.29, 0.717) is 17.2 Å². The lowest BCUT2D eigenvalue weighted by Crippen LogP contribution is -2.01. The summed E-state index contributed by atoms with van der Waals surface area (Å²) in [6.45, 7) is 2.04. The van der Waals surface area contributed by atoms with E-state index in [0.717, 1.165) is 0 Å². The van der Waals surface area contributed by atoms with Crippen molar-refractivity contribution in [2.24, 2.45) is 0 Å². The second-order valence-corrected chi connectivity index (χ2v) is 3.31. The van der Waals surface area contributed by atoms with Crippen molar-refractivity contribution >= 4 is 17.6 Å². The van der Waals surface area contributed by atoms with Gasteiger partial charge in [0.15, 0.2) is 0 Å². The largest absolute Gasteiger partial charge is 0.465 e. The van der Waals surface area contributed by atoms with Gasteiger partial charge < -0.3 is 4.74 Å². The fraction of sp³-hybridized carbons (Fsp3) is 0.250. The Labute approximate surface area is 98.4 Å². The highest BCUT2D eigenvalue weighted by atomic mass is 35.5. The van der Waals surface area contributed by atoms with Crippen LogP contribution in [0.25, 0.3) is 0 Å². The van der Waals surface area contributed by atoms with Crippen molar-refractivity contribution in [3.05, 3.63) is 34.6 Å². The van der Waals surface area contributed by atoms with Crippen LogP contribution in [0.4, 0.5) is 4.39 Å². The minimum absolute atomic E-state index is 0.0271. The predicted octanol–water partition coefficient (Wildman–Crippen LogP) is 2.78. The summed E-state index contributed by atoms with van der Waals surface area (Å²) in [5.74, 6) is 4.39. The SMILES string of the molecule is CCOC(=O)CC#Cc1cc(F)ccc1Cl. The number of rotatable bonds is 2. The summed E-state index contributed by atoms with van der Waals surface area (Å²) in [6, 6.07) is 3.89. The minimum Gasteiger partial charge on any atom is -0.465 e. The monoisotopic (exact) mass is 240 g/mol. The first-order chi connectivity index (χ1) is 7.63. The number of carbonyl (C=O) groups is 1. The van der Waals surface area contributed by atoms with E-state index in [-0.39, 0.29) is 6.42 Å². The van der Waals surface area contributed by atoms with Crippen LogP contribution >= 0.6 is 11.6 Å². The molecule has 0 bridgehead atoms. The van der Waals surface area contributed by atoms with Crippen LogP contribution in [-0.4, -0.2) is 12.6 Å². The Morgan fingerprint density at radius 1 is 1.56 bits per heavy atom. The van der Waals surface area contributed by atoms with Gasteiger partial charge in [0.25, 0.3) is 0 Å². The molecule has 84 valence electrons. The molecule has 0 atom stereocenters. The summed E-state index contributed by atoms with van der Waals surface area (Å²) in [4.78, 5) is 11.0. The number of benzene rings is 1. The van der Waals surface area contributed by atoms with E-state index in [9.17, 15) is 9.18 Å². The molecule has 0 amide bonds. The van der Waals surface area contributed by atoms with Crippen LogP contribution < -0.4 is 0 Å². The van der Waals surface area contributed by atoms with Gasteiger partial charge >= 0.3 is 5.97 Å². The normalized spacial score (nSPS) is 9.19. The zero-order valence-corrected chi connectivity index (χ0v) is 9.47. The summed E-state index contributed by atoms with van der Waals surface area (Å²) in [5.41, 5.74) is 0.367. The first-order valence-corrected chi connectivity index (χ1v) is 5.11. The third-order valence-electron chi connectivity index (χ3n) is 1.69. The molecule has 0 saturated carbocycles. The maximum absolute atomic E-state index is 12.8. The van der Waals surface area contributed by atoms with E-state index in [4.69, 9.17) is 11.6 Å². The molecule has 0 saturated heterocycles. The Kier molecular flexibility index (Phi) is 4.81. The molecule has 0 fully saturated rings. The molecule has 0 aliphatic rings. The predicted molar refractivity (Wildman–Crippen MR) is 59.5 cm³/mol. The average Bonchev–Trinajstić information content (AvgIpc) is 2.23. The molecule has 1 rings (SSSR count). The van der Waals surface area contributed by atoms with Crippen molar-refractivity contribution < 1.29 is 13.9 Å². The highest BCUT2D eigenvalue weighted by molar-refractivity contribution is 6.31. The van der Waals surface area contributed by atoms with Gasteiger partial charge in [-0.2, -0.15) is 0 Å². The van der Waals surface area contributed by atoms with E-state index in [1.165, 1.54) is 18.2 Å². The zero-order valence-electron chi connectivity index (χ0n) is 8.72.